The van der Waals surface area contributed by atoms with E-state index in [1.807, 2.05) is 12.1 Å². The van der Waals surface area contributed by atoms with Crippen molar-refractivity contribution in [2.45, 2.75) is 26.3 Å². The van der Waals surface area contributed by atoms with Crippen LogP contribution in [-0.2, 0) is 16.6 Å². The molecule has 0 fully saturated rings. The number of ether oxygens (including phenoxy) is 2. The Balaban J connectivity index is 2.58. The van der Waals surface area contributed by atoms with Crippen molar-refractivity contribution in [1.82, 2.24) is 9.44 Å². The molecule has 0 spiro atoms. The number of hydrogen-bond donors (Lipinski definition) is 2. The maximum absolute atomic E-state index is 11.6. The second kappa shape index (κ2) is 7.47. The molecular formula is C13H22N2O4S. The summed E-state index contributed by atoms with van der Waals surface area (Å²) in [6, 6.07) is 5.39. The molecule has 0 atom stereocenters. The van der Waals surface area contributed by atoms with Gasteiger partial charge in [-0.15, -0.1) is 0 Å². The average Bonchev–Trinajstić information content (AvgIpc) is 2.36. The minimum absolute atomic E-state index is 0.131. The standard InChI is InChI=1S/C13H22N2O4S/c1-10(2)15-20(16,17)14-8-7-11-5-6-12(18-3)13(9-11)19-4/h5-6,9-10,14-15H,7-8H2,1-4H3. The van der Waals surface area contributed by atoms with Crippen LogP contribution >= 0.6 is 0 Å². The molecule has 0 unspecified atom stereocenters. The third-order valence-electron chi connectivity index (χ3n) is 2.54. The Bertz CT molecular complexity index is 529. The highest BCUT2D eigenvalue weighted by atomic mass is 32.2. The van der Waals surface area contributed by atoms with Crippen LogP contribution in [0.1, 0.15) is 19.4 Å². The fraction of sp³-hybridized carbons (Fsp3) is 0.538. The lowest BCUT2D eigenvalue weighted by Crippen LogP contribution is -2.41. The topological polar surface area (TPSA) is 76.7 Å². The average molecular weight is 302 g/mol. The van der Waals surface area contributed by atoms with Crippen molar-refractivity contribution in [2.24, 2.45) is 0 Å². The number of benzene rings is 1. The monoisotopic (exact) mass is 302 g/mol. The lowest BCUT2D eigenvalue weighted by molar-refractivity contribution is 0.354. The van der Waals surface area contributed by atoms with E-state index < -0.39 is 10.2 Å². The first-order valence-electron chi connectivity index (χ1n) is 6.35. The van der Waals surface area contributed by atoms with E-state index in [1.54, 1.807) is 34.1 Å². The minimum Gasteiger partial charge on any atom is -0.493 e. The van der Waals surface area contributed by atoms with Crippen LogP contribution in [0.5, 0.6) is 11.5 Å². The van der Waals surface area contributed by atoms with E-state index in [-0.39, 0.29) is 6.04 Å². The first-order valence-corrected chi connectivity index (χ1v) is 7.84. The SMILES string of the molecule is COc1ccc(CCNS(=O)(=O)NC(C)C)cc1OC. The molecule has 1 rings (SSSR count). The third kappa shape index (κ3) is 5.36. The number of nitrogens with one attached hydrogen (secondary N) is 2. The van der Waals surface area contributed by atoms with Crippen LogP contribution < -0.4 is 18.9 Å². The number of methoxy groups -OCH3 is 2. The molecule has 0 saturated carbocycles. The van der Waals surface area contributed by atoms with Crippen LogP contribution in [-0.4, -0.2) is 35.2 Å². The van der Waals surface area contributed by atoms with Gasteiger partial charge in [-0.05, 0) is 38.0 Å². The molecule has 6 nitrogen and oxygen atoms in total. The van der Waals surface area contributed by atoms with Gasteiger partial charge < -0.3 is 9.47 Å². The van der Waals surface area contributed by atoms with Crippen molar-refractivity contribution in [3.8, 4) is 11.5 Å². The van der Waals surface area contributed by atoms with Gasteiger partial charge >= 0.3 is 0 Å². The van der Waals surface area contributed by atoms with Gasteiger partial charge in [0.05, 0.1) is 14.2 Å². The summed E-state index contributed by atoms with van der Waals surface area (Å²) >= 11 is 0. The summed E-state index contributed by atoms with van der Waals surface area (Å²) in [7, 11) is -0.296. The van der Waals surface area contributed by atoms with Crippen molar-refractivity contribution in [3.05, 3.63) is 23.8 Å². The Morgan fingerprint density at radius 1 is 1.15 bits per heavy atom. The Labute approximate surface area is 120 Å². The van der Waals surface area contributed by atoms with Crippen molar-refractivity contribution in [3.63, 3.8) is 0 Å². The smallest absolute Gasteiger partial charge is 0.277 e. The molecule has 1 aromatic rings. The zero-order valence-electron chi connectivity index (χ0n) is 12.3. The van der Waals surface area contributed by atoms with Crippen LogP contribution in [0.25, 0.3) is 0 Å². The third-order valence-corrected chi connectivity index (χ3v) is 3.91. The normalized spacial score (nSPS) is 11.7. The molecule has 1 aromatic carbocycles. The van der Waals surface area contributed by atoms with Gasteiger partial charge in [-0.1, -0.05) is 6.07 Å². The first-order chi connectivity index (χ1) is 9.38. The van der Waals surface area contributed by atoms with Gasteiger partial charge in [0.2, 0.25) is 0 Å². The van der Waals surface area contributed by atoms with Crippen molar-refractivity contribution in [1.29, 1.82) is 0 Å². The molecule has 2 N–H and O–H groups in total. The van der Waals surface area contributed by atoms with Gasteiger partial charge in [0.15, 0.2) is 11.5 Å². The van der Waals surface area contributed by atoms with E-state index >= 15 is 0 Å². The highest BCUT2D eigenvalue weighted by Crippen LogP contribution is 2.27. The highest BCUT2D eigenvalue weighted by molar-refractivity contribution is 7.87. The van der Waals surface area contributed by atoms with E-state index in [9.17, 15) is 8.42 Å². The fourth-order valence-electron chi connectivity index (χ4n) is 1.72. The van der Waals surface area contributed by atoms with Gasteiger partial charge in [0, 0.05) is 12.6 Å². The van der Waals surface area contributed by atoms with E-state index in [0.717, 1.165) is 5.56 Å². The lowest BCUT2D eigenvalue weighted by Gasteiger charge is -2.12. The zero-order chi connectivity index (χ0) is 15.2. The van der Waals surface area contributed by atoms with Crippen LogP contribution in [0.2, 0.25) is 0 Å². The predicted octanol–water partition coefficient (Wildman–Crippen LogP) is 1.08. The quantitative estimate of drug-likeness (QED) is 0.753. The summed E-state index contributed by atoms with van der Waals surface area (Å²) in [5.74, 6) is 1.28. The Morgan fingerprint density at radius 2 is 1.80 bits per heavy atom. The van der Waals surface area contributed by atoms with E-state index in [4.69, 9.17) is 9.47 Å². The molecule has 20 heavy (non-hydrogen) atoms. The van der Waals surface area contributed by atoms with Crippen LogP contribution in [0.4, 0.5) is 0 Å². The minimum atomic E-state index is -3.44. The zero-order valence-corrected chi connectivity index (χ0v) is 13.1. The Hall–Kier alpha value is -1.31. The summed E-state index contributed by atoms with van der Waals surface area (Å²) in [5.41, 5.74) is 0.967. The van der Waals surface area contributed by atoms with Gasteiger partial charge in [-0.3, -0.25) is 0 Å². The van der Waals surface area contributed by atoms with Crippen molar-refractivity contribution >= 4 is 10.2 Å². The van der Waals surface area contributed by atoms with Gasteiger partial charge in [-0.2, -0.15) is 13.1 Å². The molecule has 0 aliphatic heterocycles. The molecular weight excluding hydrogens is 280 g/mol. The lowest BCUT2D eigenvalue weighted by atomic mass is 10.1. The van der Waals surface area contributed by atoms with Gasteiger partial charge in [-0.25, -0.2) is 4.72 Å². The Kier molecular flexibility index (Phi) is 6.25. The van der Waals surface area contributed by atoms with E-state index in [0.29, 0.717) is 24.5 Å². The Morgan fingerprint density at radius 3 is 2.35 bits per heavy atom. The highest BCUT2D eigenvalue weighted by Gasteiger charge is 2.10. The molecule has 0 aliphatic rings. The first kappa shape index (κ1) is 16.7. The van der Waals surface area contributed by atoms with E-state index in [1.165, 1.54) is 0 Å². The maximum Gasteiger partial charge on any atom is 0.277 e. The molecule has 0 amide bonds. The molecule has 0 saturated heterocycles. The predicted molar refractivity (Wildman–Crippen MR) is 78.4 cm³/mol. The van der Waals surface area contributed by atoms with Crippen LogP contribution in [0, 0.1) is 0 Å². The largest absolute Gasteiger partial charge is 0.493 e. The molecule has 114 valence electrons. The molecule has 0 aliphatic carbocycles. The van der Waals surface area contributed by atoms with Crippen LogP contribution in [0.3, 0.4) is 0 Å². The number of rotatable bonds is 8. The summed E-state index contributed by atoms with van der Waals surface area (Å²) in [5, 5.41) is 0. The van der Waals surface area contributed by atoms with E-state index in [2.05, 4.69) is 9.44 Å². The second-order valence-electron chi connectivity index (χ2n) is 4.61. The summed E-state index contributed by atoms with van der Waals surface area (Å²) in [6.07, 6.45) is 0.569. The second-order valence-corrected chi connectivity index (χ2v) is 6.14. The van der Waals surface area contributed by atoms with Crippen LogP contribution in [0.15, 0.2) is 18.2 Å². The number of hydrogen-bond acceptors (Lipinski definition) is 4. The fourth-order valence-corrected chi connectivity index (χ4v) is 2.79. The molecule has 0 aromatic heterocycles. The molecule has 0 radical (unpaired) electrons. The summed E-state index contributed by atoms with van der Waals surface area (Å²) in [6.45, 7) is 3.86. The summed E-state index contributed by atoms with van der Waals surface area (Å²) < 4.78 is 38.5. The maximum atomic E-state index is 11.6. The van der Waals surface area contributed by atoms with Gasteiger partial charge in [0.25, 0.3) is 10.2 Å². The summed E-state index contributed by atoms with van der Waals surface area (Å²) in [4.78, 5) is 0. The molecule has 7 heteroatoms. The van der Waals surface area contributed by atoms with Crippen molar-refractivity contribution in [2.75, 3.05) is 20.8 Å². The van der Waals surface area contributed by atoms with Crippen molar-refractivity contribution < 1.29 is 17.9 Å². The molecule has 0 bridgehead atoms. The molecule has 0 heterocycles. The van der Waals surface area contributed by atoms with Gasteiger partial charge in [0.1, 0.15) is 0 Å².